The number of methoxy groups -OCH3 is 1. The van der Waals surface area contributed by atoms with Crippen LogP contribution in [0.3, 0.4) is 0 Å². The molecule has 0 radical (unpaired) electrons. The van der Waals surface area contributed by atoms with Crippen molar-refractivity contribution in [3.63, 3.8) is 0 Å². The predicted octanol–water partition coefficient (Wildman–Crippen LogP) is 4.53. The van der Waals surface area contributed by atoms with E-state index in [2.05, 4.69) is 15.4 Å². The van der Waals surface area contributed by atoms with Gasteiger partial charge in [-0.1, -0.05) is 12.1 Å². The number of nitrogens with one attached hydrogen (secondary N) is 1. The Bertz CT molecular complexity index is 1470. The van der Waals surface area contributed by atoms with E-state index in [1.807, 2.05) is 62.0 Å². The van der Waals surface area contributed by atoms with Gasteiger partial charge < -0.3 is 19.0 Å². The second-order valence-electron chi connectivity index (χ2n) is 8.53. The lowest BCUT2D eigenvalue weighted by molar-refractivity contribution is 0.0942. The van der Waals surface area contributed by atoms with Gasteiger partial charge in [-0.2, -0.15) is 5.10 Å². The summed E-state index contributed by atoms with van der Waals surface area (Å²) in [4.78, 5) is 23.1. The summed E-state index contributed by atoms with van der Waals surface area (Å²) >= 11 is 0. The zero-order chi connectivity index (χ0) is 24.5. The van der Waals surface area contributed by atoms with Crippen molar-refractivity contribution in [1.29, 1.82) is 0 Å². The van der Waals surface area contributed by atoms with Crippen molar-refractivity contribution in [1.82, 2.24) is 29.6 Å². The topological polar surface area (TPSA) is 100 Å². The fourth-order valence-electron chi connectivity index (χ4n) is 4.09. The highest BCUT2D eigenvalue weighted by Crippen LogP contribution is 2.28. The number of aromatic nitrogens is 5. The van der Waals surface area contributed by atoms with Crippen LogP contribution < -0.4 is 10.1 Å². The molecule has 9 heteroatoms. The van der Waals surface area contributed by atoms with Gasteiger partial charge in [0.05, 0.1) is 30.5 Å². The van der Waals surface area contributed by atoms with E-state index in [0.29, 0.717) is 33.9 Å². The van der Waals surface area contributed by atoms with Crippen LogP contribution in [0.1, 0.15) is 47.7 Å². The van der Waals surface area contributed by atoms with Crippen LogP contribution in [-0.2, 0) is 7.05 Å². The molecule has 178 valence electrons. The van der Waals surface area contributed by atoms with Gasteiger partial charge in [-0.3, -0.25) is 4.79 Å². The number of amides is 1. The van der Waals surface area contributed by atoms with E-state index in [1.165, 1.54) is 0 Å². The third-order valence-corrected chi connectivity index (χ3v) is 5.92. The number of carbonyl (C=O) groups is 1. The minimum absolute atomic E-state index is 0.0716. The van der Waals surface area contributed by atoms with Crippen LogP contribution in [0.25, 0.3) is 22.5 Å². The third kappa shape index (κ3) is 4.16. The van der Waals surface area contributed by atoms with E-state index in [9.17, 15) is 4.79 Å². The molecular formula is C26H26N6O3. The molecule has 0 aliphatic heterocycles. The third-order valence-electron chi connectivity index (χ3n) is 5.92. The van der Waals surface area contributed by atoms with Crippen LogP contribution >= 0.6 is 0 Å². The van der Waals surface area contributed by atoms with Crippen molar-refractivity contribution in [2.75, 3.05) is 7.11 Å². The quantitative estimate of drug-likeness (QED) is 0.375. The molecule has 1 amide bonds. The van der Waals surface area contributed by atoms with E-state index >= 15 is 0 Å². The van der Waals surface area contributed by atoms with Crippen molar-refractivity contribution in [3.05, 3.63) is 84.3 Å². The highest BCUT2D eigenvalue weighted by molar-refractivity contribution is 6.06. The Morgan fingerprint density at radius 2 is 1.97 bits per heavy atom. The molecule has 1 N–H and O–H groups in total. The van der Waals surface area contributed by atoms with Crippen LogP contribution in [0.2, 0.25) is 0 Å². The molecule has 1 unspecified atom stereocenters. The first-order valence-electron chi connectivity index (χ1n) is 11.3. The number of pyridine rings is 1. The zero-order valence-corrected chi connectivity index (χ0v) is 20.0. The largest absolute Gasteiger partial charge is 0.497 e. The van der Waals surface area contributed by atoms with Gasteiger partial charge in [0.15, 0.2) is 11.4 Å². The van der Waals surface area contributed by atoms with E-state index in [0.717, 1.165) is 11.3 Å². The van der Waals surface area contributed by atoms with Crippen molar-refractivity contribution >= 4 is 16.9 Å². The fraction of sp³-hybridized carbons (Fsp3) is 0.231. The minimum atomic E-state index is -0.483. The Morgan fingerprint density at radius 3 is 2.60 bits per heavy atom. The number of ether oxygens (including phenoxy) is 1. The molecule has 9 nitrogen and oxygen atoms in total. The minimum Gasteiger partial charge on any atom is -0.497 e. The normalized spacial score (nSPS) is 12.3. The molecule has 0 spiro atoms. The molecule has 0 aliphatic carbocycles. The average molecular weight is 471 g/mol. The molecule has 5 aromatic rings. The van der Waals surface area contributed by atoms with Gasteiger partial charge in [-0.05, 0) is 49.7 Å². The molecule has 4 aromatic heterocycles. The fourth-order valence-corrected chi connectivity index (χ4v) is 4.09. The van der Waals surface area contributed by atoms with Crippen LogP contribution in [0.4, 0.5) is 0 Å². The average Bonchev–Trinajstić information content (AvgIpc) is 3.62. The van der Waals surface area contributed by atoms with Gasteiger partial charge in [0, 0.05) is 25.5 Å². The first kappa shape index (κ1) is 22.4. The van der Waals surface area contributed by atoms with Crippen molar-refractivity contribution < 1.29 is 13.9 Å². The molecule has 1 atom stereocenters. The lowest BCUT2D eigenvalue weighted by Crippen LogP contribution is -2.31. The summed E-state index contributed by atoms with van der Waals surface area (Å²) in [7, 11) is 3.52. The Balaban J connectivity index is 1.60. The smallest absolute Gasteiger partial charge is 0.253 e. The number of benzene rings is 1. The highest BCUT2D eigenvalue weighted by atomic mass is 16.5. The van der Waals surface area contributed by atoms with E-state index < -0.39 is 6.04 Å². The summed E-state index contributed by atoms with van der Waals surface area (Å²) in [6, 6.07) is 12.5. The number of rotatable bonds is 7. The molecular weight excluding hydrogens is 444 g/mol. The molecule has 0 aliphatic rings. The molecule has 0 saturated carbocycles. The Hall–Kier alpha value is -4.40. The number of aryl methyl sites for hydroxylation is 1. The predicted molar refractivity (Wildman–Crippen MR) is 131 cm³/mol. The van der Waals surface area contributed by atoms with Gasteiger partial charge in [0.1, 0.15) is 23.3 Å². The zero-order valence-electron chi connectivity index (χ0n) is 20.0. The number of furan rings is 1. The molecule has 0 fully saturated rings. The van der Waals surface area contributed by atoms with Crippen molar-refractivity contribution in [2.45, 2.75) is 25.9 Å². The monoisotopic (exact) mass is 470 g/mol. The van der Waals surface area contributed by atoms with Gasteiger partial charge in [-0.25, -0.2) is 14.6 Å². The number of hydrogen-bond acceptors (Lipinski definition) is 6. The highest BCUT2D eigenvalue weighted by Gasteiger charge is 2.25. The molecule has 35 heavy (non-hydrogen) atoms. The van der Waals surface area contributed by atoms with Crippen molar-refractivity contribution in [3.8, 4) is 17.2 Å². The van der Waals surface area contributed by atoms with Crippen LogP contribution in [0, 0.1) is 0 Å². The Kier molecular flexibility index (Phi) is 5.82. The van der Waals surface area contributed by atoms with Gasteiger partial charge >= 0.3 is 0 Å². The van der Waals surface area contributed by atoms with E-state index in [1.54, 1.807) is 42.6 Å². The Labute approximate surface area is 202 Å². The van der Waals surface area contributed by atoms with Crippen molar-refractivity contribution in [2.24, 2.45) is 7.05 Å². The first-order valence-corrected chi connectivity index (χ1v) is 11.3. The number of carbonyl (C=O) groups excluding carboxylic acids is 1. The van der Waals surface area contributed by atoms with Crippen LogP contribution in [0.15, 0.2) is 71.7 Å². The lowest BCUT2D eigenvalue weighted by atomic mass is 10.0. The maximum absolute atomic E-state index is 13.8. The second kappa shape index (κ2) is 9.09. The second-order valence-corrected chi connectivity index (χ2v) is 8.53. The summed E-state index contributed by atoms with van der Waals surface area (Å²) in [5, 5.41) is 8.34. The molecule has 0 bridgehead atoms. The van der Waals surface area contributed by atoms with Crippen LogP contribution in [0.5, 0.6) is 5.75 Å². The number of fused-ring (bicyclic) bond motifs is 1. The molecule has 1 aromatic carbocycles. The van der Waals surface area contributed by atoms with E-state index in [-0.39, 0.29) is 11.9 Å². The van der Waals surface area contributed by atoms with Gasteiger partial charge in [0.25, 0.3) is 5.91 Å². The summed E-state index contributed by atoms with van der Waals surface area (Å²) < 4.78 is 14.6. The number of hydrogen-bond donors (Lipinski definition) is 1. The van der Waals surface area contributed by atoms with Gasteiger partial charge in [-0.15, -0.1) is 0 Å². The standard InChI is InChI=1S/C26H26N6O3/c1-16(2)32-24-20(15-28-32)19(14-21(29-24)22-6-5-13-35-22)26(33)30-23(25-27-11-12-31(25)3)17-7-9-18(34-4)10-8-17/h5-16,23H,1-4H3,(H,30,33). The Morgan fingerprint density at radius 1 is 1.17 bits per heavy atom. The SMILES string of the molecule is COc1ccc(C(NC(=O)c2cc(-c3ccco3)nc3c2cnn3C(C)C)c2nccn2C)cc1. The number of imidazole rings is 1. The van der Waals surface area contributed by atoms with Crippen LogP contribution in [-0.4, -0.2) is 37.3 Å². The van der Waals surface area contributed by atoms with E-state index in [4.69, 9.17) is 14.1 Å². The summed E-state index contributed by atoms with van der Waals surface area (Å²) in [5.41, 5.74) is 2.52. The number of nitrogens with zero attached hydrogens (tertiary/aromatic N) is 5. The summed E-state index contributed by atoms with van der Waals surface area (Å²) in [6.45, 7) is 4.04. The molecule has 0 saturated heterocycles. The maximum atomic E-state index is 13.8. The first-order chi connectivity index (χ1) is 17.0. The maximum Gasteiger partial charge on any atom is 0.253 e. The summed E-state index contributed by atoms with van der Waals surface area (Å²) in [5.74, 6) is 1.75. The molecule has 4 heterocycles. The lowest BCUT2D eigenvalue weighted by Gasteiger charge is -2.20. The summed E-state index contributed by atoms with van der Waals surface area (Å²) in [6.07, 6.45) is 6.84. The molecule has 5 rings (SSSR count). The van der Waals surface area contributed by atoms with Gasteiger partial charge in [0.2, 0.25) is 0 Å².